The van der Waals surface area contributed by atoms with Gasteiger partial charge in [-0.05, 0) is 65.0 Å². The van der Waals surface area contributed by atoms with E-state index < -0.39 is 0 Å². The molecule has 1 nitrogen and oxygen atoms in total. The van der Waals surface area contributed by atoms with Crippen molar-refractivity contribution in [2.75, 3.05) is 7.05 Å². The molecule has 0 saturated carbocycles. The summed E-state index contributed by atoms with van der Waals surface area (Å²) < 4.78 is 2.22. The molecule has 0 aliphatic carbocycles. The van der Waals surface area contributed by atoms with Gasteiger partial charge in [-0.15, -0.1) is 0 Å². The molecule has 100 valence electrons. The summed E-state index contributed by atoms with van der Waals surface area (Å²) >= 11 is 18.3. The fourth-order valence-corrected chi connectivity index (χ4v) is 3.40. The van der Waals surface area contributed by atoms with Gasteiger partial charge >= 0.3 is 0 Å². The molecule has 0 fully saturated rings. The van der Waals surface area contributed by atoms with Gasteiger partial charge in [0.15, 0.2) is 0 Å². The number of benzene rings is 2. The van der Waals surface area contributed by atoms with Crippen molar-refractivity contribution in [3.8, 4) is 0 Å². The van der Waals surface area contributed by atoms with E-state index in [4.69, 9.17) is 23.2 Å². The van der Waals surface area contributed by atoms with Crippen molar-refractivity contribution in [1.29, 1.82) is 0 Å². The van der Waals surface area contributed by atoms with Crippen LogP contribution in [0.2, 0.25) is 10.0 Å². The van der Waals surface area contributed by atoms with E-state index in [9.17, 15) is 0 Å². The van der Waals surface area contributed by atoms with E-state index in [0.717, 1.165) is 10.0 Å². The molecule has 0 heterocycles. The zero-order valence-electron chi connectivity index (χ0n) is 10.1. The summed E-state index contributed by atoms with van der Waals surface area (Å²) in [5, 5.41) is 4.47. The van der Waals surface area contributed by atoms with E-state index in [1.807, 2.05) is 25.2 Å². The van der Waals surface area contributed by atoms with Gasteiger partial charge in [0, 0.05) is 8.04 Å². The van der Waals surface area contributed by atoms with Crippen LogP contribution in [0.3, 0.4) is 0 Å². The molecule has 0 saturated heterocycles. The number of nitrogens with one attached hydrogen (secondary N) is 1. The Hall–Kier alpha value is 0.190. The Kier molecular flexibility index (Phi) is 5.55. The first kappa shape index (κ1) is 15.6. The molecular weight excluding hydrogens is 460 g/mol. The average molecular weight is 471 g/mol. The highest BCUT2D eigenvalue weighted by Crippen LogP contribution is 2.35. The minimum Gasteiger partial charge on any atom is -0.309 e. The fraction of sp³-hybridized carbons (Fsp3) is 0.143. The molecule has 0 bridgehead atoms. The lowest BCUT2D eigenvalue weighted by atomic mass is 9.99. The molecule has 1 unspecified atom stereocenters. The molecule has 0 spiro atoms. The Morgan fingerprint density at radius 3 is 2.58 bits per heavy atom. The third-order valence-corrected chi connectivity index (χ3v) is 5.16. The standard InChI is InChI=1S/C14H11BrCl2IN/c1-19-14(9-3-2-4-11(16)13(9)17)10-7-8(15)5-6-12(10)18/h2-7,14,19H,1H3. The second-order valence-corrected chi connectivity index (χ2v) is 6.89. The van der Waals surface area contributed by atoms with Gasteiger partial charge in [-0.3, -0.25) is 0 Å². The van der Waals surface area contributed by atoms with Gasteiger partial charge in [0.05, 0.1) is 16.1 Å². The average Bonchev–Trinajstić information content (AvgIpc) is 2.39. The molecule has 2 aromatic carbocycles. The quantitative estimate of drug-likeness (QED) is 0.570. The van der Waals surface area contributed by atoms with Crippen molar-refractivity contribution >= 4 is 61.7 Å². The van der Waals surface area contributed by atoms with Gasteiger partial charge in [-0.2, -0.15) is 0 Å². The Balaban J connectivity index is 2.56. The maximum Gasteiger partial charge on any atom is 0.0643 e. The smallest absolute Gasteiger partial charge is 0.0643 e. The van der Waals surface area contributed by atoms with E-state index in [-0.39, 0.29) is 6.04 Å². The molecule has 5 heteroatoms. The van der Waals surface area contributed by atoms with Crippen LogP contribution in [0.25, 0.3) is 0 Å². The first-order chi connectivity index (χ1) is 9.04. The van der Waals surface area contributed by atoms with Gasteiger partial charge in [0.25, 0.3) is 0 Å². The SMILES string of the molecule is CNC(c1cc(Br)ccc1I)c1cccc(Cl)c1Cl. The van der Waals surface area contributed by atoms with E-state index in [1.165, 1.54) is 9.13 Å². The van der Waals surface area contributed by atoms with Gasteiger partial charge in [-0.1, -0.05) is 51.3 Å². The molecule has 0 aliphatic rings. The van der Waals surface area contributed by atoms with Crippen LogP contribution in [0, 0.1) is 3.57 Å². The van der Waals surface area contributed by atoms with Crippen molar-refractivity contribution < 1.29 is 0 Å². The highest BCUT2D eigenvalue weighted by Gasteiger charge is 2.19. The molecule has 1 N–H and O–H groups in total. The molecule has 2 aromatic rings. The molecule has 0 aliphatic heterocycles. The van der Waals surface area contributed by atoms with Crippen molar-refractivity contribution in [1.82, 2.24) is 5.32 Å². The second-order valence-electron chi connectivity index (χ2n) is 4.03. The largest absolute Gasteiger partial charge is 0.309 e. The summed E-state index contributed by atoms with van der Waals surface area (Å²) in [7, 11) is 1.92. The third kappa shape index (κ3) is 3.45. The summed E-state index contributed by atoms with van der Waals surface area (Å²) in [4.78, 5) is 0. The van der Waals surface area contributed by atoms with Gasteiger partial charge < -0.3 is 5.32 Å². The number of hydrogen-bond donors (Lipinski definition) is 1. The molecule has 19 heavy (non-hydrogen) atoms. The van der Waals surface area contributed by atoms with E-state index in [0.29, 0.717) is 10.0 Å². The first-order valence-electron chi connectivity index (χ1n) is 5.60. The fourth-order valence-electron chi connectivity index (χ4n) is 1.96. The van der Waals surface area contributed by atoms with Gasteiger partial charge in [-0.25, -0.2) is 0 Å². The van der Waals surface area contributed by atoms with Crippen LogP contribution in [-0.2, 0) is 0 Å². The molecule has 0 amide bonds. The molecule has 2 rings (SSSR count). The zero-order valence-corrected chi connectivity index (χ0v) is 15.3. The number of rotatable bonds is 3. The zero-order chi connectivity index (χ0) is 14.0. The van der Waals surface area contributed by atoms with Crippen LogP contribution in [0.5, 0.6) is 0 Å². The Labute approximate surface area is 145 Å². The predicted octanol–water partition coefficient (Wildman–Crippen LogP) is 5.67. The number of halogens is 4. The number of hydrogen-bond acceptors (Lipinski definition) is 1. The Morgan fingerprint density at radius 2 is 1.89 bits per heavy atom. The maximum absolute atomic E-state index is 6.32. The predicted molar refractivity (Wildman–Crippen MR) is 94.2 cm³/mol. The van der Waals surface area contributed by atoms with Crippen LogP contribution < -0.4 is 5.32 Å². The van der Waals surface area contributed by atoms with Gasteiger partial charge in [0.2, 0.25) is 0 Å². The van der Waals surface area contributed by atoms with Crippen molar-refractivity contribution in [3.63, 3.8) is 0 Å². The van der Waals surface area contributed by atoms with Crippen molar-refractivity contribution in [2.24, 2.45) is 0 Å². The van der Waals surface area contributed by atoms with Crippen LogP contribution in [0.15, 0.2) is 40.9 Å². The third-order valence-electron chi connectivity index (χ3n) is 2.85. The lowest BCUT2D eigenvalue weighted by Gasteiger charge is -2.20. The minimum absolute atomic E-state index is 0.00981. The summed E-state index contributed by atoms with van der Waals surface area (Å²) in [6.07, 6.45) is 0. The maximum atomic E-state index is 6.32. The van der Waals surface area contributed by atoms with Crippen molar-refractivity contribution in [3.05, 3.63) is 65.6 Å². The van der Waals surface area contributed by atoms with Crippen LogP contribution in [-0.4, -0.2) is 7.05 Å². The van der Waals surface area contributed by atoms with Crippen molar-refractivity contribution in [2.45, 2.75) is 6.04 Å². The highest BCUT2D eigenvalue weighted by atomic mass is 127. The summed E-state index contributed by atoms with van der Waals surface area (Å²) in [5.74, 6) is 0. The lowest BCUT2D eigenvalue weighted by Crippen LogP contribution is -2.19. The summed E-state index contributed by atoms with van der Waals surface area (Å²) in [6, 6.07) is 11.9. The van der Waals surface area contributed by atoms with Crippen LogP contribution >= 0.6 is 61.7 Å². The topological polar surface area (TPSA) is 12.0 Å². The first-order valence-corrected chi connectivity index (χ1v) is 8.23. The van der Waals surface area contributed by atoms with Gasteiger partial charge in [0.1, 0.15) is 0 Å². The molecule has 1 atom stereocenters. The van der Waals surface area contributed by atoms with Crippen LogP contribution in [0.4, 0.5) is 0 Å². The lowest BCUT2D eigenvalue weighted by molar-refractivity contribution is 0.688. The van der Waals surface area contributed by atoms with E-state index >= 15 is 0 Å². The Morgan fingerprint density at radius 1 is 1.16 bits per heavy atom. The summed E-state index contributed by atoms with van der Waals surface area (Å²) in [6.45, 7) is 0. The molecule has 0 radical (unpaired) electrons. The van der Waals surface area contributed by atoms with E-state index in [1.54, 1.807) is 6.07 Å². The monoisotopic (exact) mass is 469 g/mol. The van der Waals surface area contributed by atoms with E-state index in [2.05, 4.69) is 56.0 Å². The Bertz CT molecular complexity index is 602. The summed E-state index contributed by atoms with van der Waals surface area (Å²) in [5.41, 5.74) is 2.15. The normalized spacial score (nSPS) is 12.5. The highest BCUT2D eigenvalue weighted by molar-refractivity contribution is 14.1. The second kappa shape index (κ2) is 6.76. The molecular formula is C14H11BrCl2IN. The molecule has 0 aromatic heterocycles. The van der Waals surface area contributed by atoms with Crippen LogP contribution in [0.1, 0.15) is 17.2 Å². The minimum atomic E-state index is 0.00981.